The molecule has 0 spiro atoms. The molecule has 1 aromatic heterocycles. The van der Waals surface area contributed by atoms with Gasteiger partial charge in [-0.3, -0.25) is 4.98 Å². The summed E-state index contributed by atoms with van der Waals surface area (Å²) >= 11 is 0. The molecule has 1 heteroatoms. The predicted molar refractivity (Wildman–Crippen MR) is 49.2 cm³/mol. The Morgan fingerprint density at radius 2 is 2.00 bits per heavy atom. The summed E-state index contributed by atoms with van der Waals surface area (Å²) in [6.45, 7) is 9.43. The number of pyridine rings is 1. The summed E-state index contributed by atoms with van der Waals surface area (Å²) in [5, 5.41) is 0. The predicted octanol–water partition coefficient (Wildman–Crippen LogP) is 2.68. The number of nitrogens with zero attached hydrogens (tertiary/aromatic N) is 1. The molecule has 0 aliphatic heterocycles. The van der Waals surface area contributed by atoms with Gasteiger partial charge in [-0.1, -0.05) is 25.3 Å². The van der Waals surface area contributed by atoms with Gasteiger partial charge in [-0.2, -0.15) is 0 Å². The summed E-state index contributed by atoms with van der Waals surface area (Å²) in [5.41, 5.74) is 3.30. The van der Waals surface area contributed by atoms with Gasteiger partial charge < -0.3 is 0 Å². The van der Waals surface area contributed by atoms with Crippen LogP contribution in [0.3, 0.4) is 0 Å². The summed E-state index contributed by atoms with van der Waals surface area (Å²) < 4.78 is 0. The molecule has 0 fully saturated rings. The lowest BCUT2D eigenvalue weighted by molar-refractivity contribution is 1.25. The third-order valence-corrected chi connectivity index (χ3v) is 1.64. The minimum Gasteiger partial charge on any atom is -0.264 e. The summed E-state index contributed by atoms with van der Waals surface area (Å²) in [5.74, 6) is 0. The van der Waals surface area contributed by atoms with Crippen LogP contribution >= 0.6 is 0 Å². The van der Waals surface area contributed by atoms with Crippen molar-refractivity contribution in [3.63, 3.8) is 0 Å². The van der Waals surface area contributed by atoms with Gasteiger partial charge >= 0.3 is 0 Å². The van der Waals surface area contributed by atoms with E-state index in [1.807, 2.05) is 19.2 Å². The number of aryl methyl sites for hydroxylation is 1. The Kier molecular flexibility index (Phi) is 2.21. The molecule has 1 heterocycles. The first kappa shape index (κ1) is 7.73. The molecule has 0 aliphatic rings. The van der Waals surface area contributed by atoms with Crippen LogP contribution < -0.4 is 0 Å². The van der Waals surface area contributed by atoms with E-state index in [9.17, 15) is 0 Å². The van der Waals surface area contributed by atoms with Crippen LogP contribution in [0.5, 0.6) is 0 Å². The molecule has 0 atom stereocenters. The van der Waals surface area contributed by atoms with E-state index < -0.39 is 0 Å². The van der Waals surface area contributed by atoms with E-state index in [1.165, 1.54) is 0 Å². The number of hydrogen-bond acceptors (Lipinski definition) is 1. The molecular formula is C10H11N. The van der Waals surface area contributed by atoms with Crippen molar-refractivity contribution in [3.05, 3.63) is 42.2 Å². The van der Waals surface area contributed by atoms with Crippen molar-refractivity contribution in [1.82, 2.24) is 4.98 Å². The Hall–Kier alpha value is -1.37. The fraction of sp³-hybridized carbons (Fsp3) is 0.100. The minimum atomic E-state index is 1.04. The van der Waals surface area contributed by atoms with Crippen molar-refractivity contribution in [1.29, 1.82) is 0 Å². The van der Waals surface area contributed by atoms with Gasteiger partial charge in [0.05, 0.1) is 0 Å². The largest absolute Gasteiger partial charge is 0.264 e. The van der Waals surface area contributed by atoms with Gasteiger partial charge in [0.2, 0.25) is 0 Å². The van der Waals surface area contributed by atoms with Crippen LogP contribution in [0.15, 0.2) is 25.6 Å². The molecule has 0 unspecified atom stereocenters. The summed E-state index contributed by atoms with van der Waals surface area (Å²) in [4.78, 5) is 4.04. The van der Waals surface area contributed by atoms with Gasteiger partial charge in [-0.05, 0) is 23.6 Å². The SMILES string of the molecule is C=Cc1cncc(C)c1C=C. The molecule has 0 radical (unpaired) electrons. The second-order valence-corrected chi connectivity index (χ2v) is 2.37. The van der Waals surface area contributed by atoms with Gasteiger partial charge in [0.1, 0.15) is 0 Å². The third kappa shape index (κ3) is 1.37. The molecule has 11 heavy (non-hydrogen) atoms. The zero-order valence-corrected chi connectivity index (χ0v) is 6.67. The normalized spacial score (nSPS) is 9.18. The lowest BCUT2D eigenvalue weighted by Gasteiger charge is -2.02. The van der Waals surface area contributed by atoms with E-state index in [0.29, 0.717) is 0 Å². The summed E-state index contributed by atoms with van der Waals surface area (Å²) in [7, 11) is 0. The maximum atomic E-state index is 4.04. The van der Waals surface area contributed by atoms with Crippen molar-refractivity contribution >= 4 is 12.2 Å². The zero-order valence-electron chi connectivity index (χ0n) is 6.67. The molecule has 0 N–H and O–H groups in total. The first-order valence-corrected chi connectivity index (χ1v) is 3.49. The lowest BCUT2D eigenvalue weighted by Crippen LogP contribution is -1.87. The molecule has 0 amide bonds. The van der Waals surface area contributed by atoms with E-state index in [0.717, 1.165) is 16.7 Å². The molecule has 0 bridgehead atoms. The highest BCUT2D eigenvalue weighted by molar-refractivity contribution is 5.64. The van der Waals surface area contributed by atoms with Crippen molar-refractivity contribution in [2.75, 3.05) is 0 Å². The first-order chi connectivity index (χ1) is 5.29. The fourth-order valence-corrected chi connectivity index (χ4v) is 1.04. The molecule has 56 valence electrons. The molecule has 1 rings (SSSR count). The van der Waals surface area contributed by atoms with E-state index >= 15 is 0 Å². The Bertz CT molecular complexity index is 287. The third-order valence-electron chi connectivity index (χ3n) is 1.64. The number of hydrogen-bond donors (Lipinski definition) is 0. The standard InChI is InChI=1S/C10H11N/c1-4-9-7-11-6-8(3)10(9)5-2/h4-7H,1-2H2,3H3. The van der Waals surface area contributed by atoms with Crippen LogP contribution in [-0.2, 0) is 0 Å². The summed E-state index contributed by atoms with van der Waals surface area (Å²) in [6, 6.07) is 0. The second-order valence-electron chi connectivity index (χ2n) is 2.37. The molecule has 0 saturated heterocycles. The number of rotatable bonds is 2. The van der Waals surface area contributed by atoms with Crippen LogP contribution in [0.2, 0.25) is 0 Å². The van der Waals surface area contributed by atoms with Crippen molar-refractivity contribution in [3.8, 4) is 0 Å². The smallest absolute Gasteiger partial charge is 0.0346 e. The second kappa shape index (κ2) is 3.15. The van der Waals surface area contributed by atoms with Gasteiger partial charge in [0.15, 0.2) is 0 Å². The molecule has 0 aliphatic carbocycles. The first-order valence-electron chi connectivity index (χ1n) is 3.49. The van der Waals surface area contributed by atoms with Crippen LogP contribution in [-0.4, -0.2) is 4.98 Å². The van der Waals surface area contributed by atoms with E-state index in [4.69, 9.17) is 0 Å². The average molecular weight is 145 g/mol. The maximum Gasteiger partial charge on any atom is 0.0346 e. The summed E-state index contributed by atoms with van der Waals surface area (Å²) in [6.07, 6.45) is 7.23. The molecule has 0 saturated carbocycles. The van der Waals surface area contributed by atoms with E-state index in [1.54, 1.807) is 12.3 Å². The molecule has 0 aromatic carbocycles. The van der Waals surface area contributed by atoms with Crippen LogP contribution in [0.4, 0.5) is 0 Å². The molecular weight excluding hydrogens is 134 g/mol. The fourth-order valence-electron chi connectivity index (χ4n) is 1.04. The van der Waals surface area contributed by atoms with Gasteiger partial charge in [-0.25, -0.2) is 0 Å². The van der Waals surface area contributed by atoms with Crippen LogP contribution in [0.1, 0.15) is 16.7 Å². The topological polar surface area (TPSA) is 12.9 Å². The highest BCUT2D eigenvalue weighted by Gasteiger charge is 1.97. The Morgan fingerprint density at radius 3 is 2.45 bits per heavy atom. The highest BCUT2D eigenvalue weighted by Crippen LogP contribution is 2.14. The van der Waals surface area contributed by atoms with Gasteiger partial charge in [0, 0.05) is 12.4 Å². The van der Waals surface area contributed by atoms with Crippen LogP contribution in [0, 0.1) is 6.92 Å². The quantitative estimate of drug-likeness (QED) is 0.623. The van der Waals surface area contributed by atoms with Gasteiger partial charge in [0.25, 0.3) is 0 Å². The Labute approximate surface area is 67.1 Å². The number of aromatic nitrogens is 1. The molecule has 1 aromatic rings. The monoisotopic (exact) mass is 145 g/mol. The Balaban J connectivity index is 3.35. The van der Waals surface area contributed by atoms with E-state index in [2.05, 4.69) is 18.1 Å². The molecule has 1 nitrogen and oxygen atoms in total. The zero-order chi connectivity index (χ0) is 8.27. The average Bonchev–Trinajstić information content (AvgIpc) is 2.04. The van der Waals surface area contributed by atoms with E-state index in [-0.39, 0.29) is 0 Å². The highest BCUT2D eigenvalue weighted by atomic mass is 14.6. The van der Waals surface area contributed by atoms with Crippen LogP contribution in [0.25, 0.3) is 12.2 Å². The van der Waals surface area contributed by atoms with Crippen molar-refractivity contribution < 1.29 is 0 Å². The van der Waals surface area contributed by atoms with Crippen molar-refractivity contribution in [2.45, 2.75) is 6.92 Å². The Morgan fingerprint density at radius 1 is 1.27 bits per heavy atom. The lowest BCUT2D eigenvalue weighted by atomic mass is 10.1. The van der Waals surface area contributed by atoms with Gasteiger partial charge in [-0.15, -0.1) is 0 Å². The minimum absolute atomic E-state index is 1.04. The van der Waals surface area contributed by atoms with Crippen molar-refractivity contribution in [2.24, 2.45) is 0 Å². The maximum absolute atomic E-state index is 4.04.